The van der Waals surface area contributed by atoms with Crippen LogP contribution in [0.25, 0.3) is 0 Å². The van der Waals surface area contributed by atoms with Crippen molar-refractivity contribution in [2.24, 2.45) is 5.10 Å². The number of methoxy groups -OCH3 is 1. The van der Waals surface area contributed by atoms with E-state index in [9.17, 15) is 4.79 Å². The highest BCUT2D eigenvalue weighted by molar-refractivity contribution is 5.99. The van der Waals surface area contributed by atoms with Gasteiger partial charge in [0.2, 0.25) is 0 Å². The Morgan fingerprint density at radius 3 is 2.16 bits per heavy atom. The van der Waals surface area contributed by atoms with Gasteiger partial charge in [0.1, 0.15) is 0 Å². The Kier molecular flexibility index (Phi) is 6.10. The Hall–Kier alpha value is -2.46. The number of benzene rings is 2. The third kappa shape index (κ3) is 5.00. The number of ether oxygens (including phenoxy) is 1. The topological polar surface area (TPSA) is 50.7 Å². The molecule has 2 rings (SSSR count). The summed E-state index contributed by atoms with van der Waals surface area (Å²) >= 11 is 0. The van der Waals surface area contributed by atoms with Gasteiger partial charge in [-0.2, -0.15) is 5.10 Å². The van der Waals surface area contributed by atoms with Crippen molar-refractivity contribution in [3.05, 3.63) is 71.3 Å². The highest BCUT2D eigenvalue weighted by Gasteiger charge is 2.19. The molecular formula is C21H26N2O2. The first-order valence-electron chi connectivity index (χ1n) is 8.35. The van der Waals surface area contributed by atoms with Crippen LogP contribution < -0.4 is 5.43 Å². The van der Waals surface area contributed by atoms with Crippen LogP contribution in [0.4, 0.5) is 0 Å². The van der Waals surface area contributed by atoms with Crippen molar-refractivity contribution < 1.29 is 9.53 Å². The predicted octanol–water partition coefficient (Wildman–Crippen LogP) is 4.21. The molecule has 4 heteroatoms. The van der Waals surface area contributed by atoms with Crippen molar-refractivity contribution in [2.75, 3.05) is 7.11 Å². The zero-order valence-corrected chi connectivity index (χ0v) is 15.5. The molecule has 2 aromatic carbocycles. The van der Waals surface area contributed by atoms with Crippen molar-refractivity contribution in [1.29, 1.82) is 0 Å². The van der Waals surface area contributed by atoms with Gasteiger partial charge in [0.15, 0.2) is 6.10 Å². The molecule has 0 aliphatic rings. The molecule has 0 spiro atoms. The minimum atomic E-state index is -0.680. The van der Waals surface area contributed by atoms with Crippen LogP contribution in [0.3, 0.4) is 0 Å². The first kappa shape index (κ1) is 18.9. The summed E-state index contributed by atoms with van der Waals surface area (Å²) in [4.78, 5) is 12.4. The van der Waals surface area contributed by atoms with Crippen molar-refractivity contribution in [1.82, 2.24) is 5.43 Å². The second-order valence-electron chi connectivity index (χ2n) is 7.03. The van der Waals surface area contributed by atoms with Gasteiger partial charge in [-0.05, 0) is 29.0 Å². The van der Waals surface area contributed by atoms with E-state index in [2.05, 4.69) is 43.4 Å². The Labute approximate surface area is 149 Å². The largest absolute Gasteiger partial charge is 0.367 e. The maximum atomic E-state index is 12.4. The summed E-state index contributed by atoms with van der Waals surface area (Å²) in [7, 11) is 1.51. The third-order valence-corrected chi connectivity index (χ3v) is 4.08. The molecule has 0 aliphatic carbocycles. The molecule has 0 fully saturated rings. The molecule has 2 aromatic rings. The van der Waals surface area contributed by atoms with E-state index in [0.29, 0.717) is 0 Å². The van der Waals surface area contributed by atoms with Gasteiger partial charge in [-0.25, -0.2) is 5.43 Å². The Balaban J connectivity index is 2.08. The van der Waals surface area contributed by atoms with E-state index in [1.165, 1.54) is 12.7 Å². The number of amides is 1. The number of hydrogen-bond donors (Lipinski definition) is 1. The highest BCUT2D eigenvalue weighted by Crippen LogP contribution is 2.22. The zero-order valence-electron chi connectivity index (χ0n) is 15.5. The number of hydrazone groups is 1. The molecular weight excluding hydrogens is 312 g/mol. The SMILES string of the molecule is CO[C@H](C(=O)N/N=C(/C)c1ccc(C(C)(C)C)cc1)c1ccccc1. The van der Waals surface area contributed by atoms with Gasteiger partial charge >= 0.3 is 0 Å². The lowest BCUT2D eigenvalue weighted by molar-refractivity contribution is -0.131. The smallest absolute Gasteiger partial charge is 0.273 e. The molecule has 0 radical (unpaired) electrons. The average Bonchev–Trinajstić information content (AvgIpc) is 2.60. The van der Waals surface area contributed by atoms with Gasteiger partial charge < -0.3 is 4.74 Å². The number of carbonyl (C=O) groups excluding carboxylic acids is 1. The van der Waals surface area contributed by atoms with E-state index in [-0.39, 0.29) is 11.3 Å². The summed E-state index contributed by atoms with van der Waals surface area (Å²) in [6, 6.07) is 17.6. The Morgan fingerprint density at radius 1 is 1.04 bits per heavy atom. The summed E-state index contributed by atoms with van der Waals surface area (Å²) < 4.78 is 5.31. The second kappa shape index (κ2) is 8.08. The van der Waals surface area contributed by atoms with E-state index >= 15 is 0 Å². The van der Waals surface area contributed by atoms with Gasteiger partial charge in [-0.3, -0.25) is 4.79 Å². The standard InChI is InChI=1S/C21H26N2O2/c1-15(16-11-13-18(14-12-16)21(2,3)4)22-23-20(24)19(25-5)17-9-7-6-8-10-17/h6-14,19H,1-5H3,(H,23,24)/b22-15-/t19-/m0/s1. The van der Waals surface area contributed by atoms with Crippen LogP contribution >= 0.6 is 0 Å². The first-order valence-corrected chi connectivity index (χ1v) is 8.35. The van der Waals surface area contributed by atoms with E-state index in [1.54, 1.807) is 0 Å². The molecule has 0 heterocycles. The van der Waals surface area contributed by atoms with Crippen molar-refractivity contribution >= 4 is 11.6 Å². The van der Waals surface area contributed by atoms with Crippen LogP contribution in [0.15, 0.2) is 59.7 Å². The van der Waals surface area contributed by atoms with Crippen LogP contribution in [-0.2, 0) is 14.9 Å². The monoisotopic (exact) mass is 338 g/mol. The summed E-state index contributed by atoms with van der Waals surface area (Å²) in [5, 5.41) is 4.22. The maximum Gasteiger partial charge on any atom is 0.273 e. The fourth-order valence-corrected chi connectivity index (χ4v) is 2.50. The molecule has 1 amide bonds. The molecule has 0 saturated heterocycles. The van der Waals surface area contributed by atoms with Crippen molar-refractivity contribution in [3.63, 3.8) is 0 Å². The van der Waals surface area contributed by atoms with Gasteiger partial charge in [0.05, 0.1) is 5.71 Å². The minimum Gasteiger partial charge on any atom is -0.367 e. The van der Waals surface area contributed by atoms with E-state index in [0.717, 1.165) is 16.8 Å². The Morgan fingerprint density at radius 2 is 1.64 bits per heavy atom. The molecule has 1 N–H and O–H groups in total. The fourth-order valence-electron chi connectivity index (χ4n) is 2.50. The molecule has 4 nitrogen and oxygen atoms in total. The van der Waals surface area contributed by atoms with Gasteiger partial charge in [-0.1, -0.05) is 75.4 Å². The van der Waals surface area contributed by atoms with Crippen LogP contribution in [0.2, 0.25) is 0 Å². The highest BCUT2D eigenvalue weighted by atomic mass is 16.5. The number of hydrogen-bond acceptors (Lipinski definition) is 3. The summed E-state index contributed by atoms with van der Waals surface area (Å²) in [6.45, 7) is 8.41. The normalized spacial score (nSPS) is 13.4. The lowest BCUT2D eigenvalue weighted by Crippen LogP contribution is -2.27. The third-order valence-electron chi connectivity index (χ3n) is 4.08. The quantitative estimate of drug-likeness (QED) is 0.656. The first-order chi connectivity index (χ1) is 11.8. The minimum absolute atomic E-state index is 0.110. The summed E-state index contributed by atoms with van der Waals surface area (Å²) in [6.07, 6.45) is -0.680. The maximum absolute atomic E-state index is 12.4. The summed E-state index contributed by atoms with van der Waals surface area (Å²) in [5.74, 6) is -0.292. The molecule has 132 valence electrons. The Bertz CT molecular complexity index is 729. The van der Waals surface area contributed by atoms with Gasteiger partial charge in [-0.15, -0.1) is 0 Å². The fraction of sp³-hybridized carbons (Fsp3) is 0.333. The molecule has 0 saturated carbocycles. The van der Waals surface area contributed by atoms with E-state index < -0.39 is 6.10 Å². The van der Waals surface area contributed by atoms with Crippen LogP contribution in [-0.4, -0.2) is 18.7 Å². The van der Waals surface area contributed by atoms with Crippen LogP contribution in [0.1, 0.15) is 50.5 Å². The van der Waals surface area contributed by atoms with Crippen molar-refractivity contribution in [2.45, 2.75) is 39.2 Å². The lowest BCUT2D eigenvalue weighted by atomic mass is 9.86. The lowest BCUT2D eigenvalue weighted by Gasteiger charge is -2.19. The molecule has 0 aliphatic heterocycles. The molecule has 0 bridgehead atoms. The van der Waals surface area contributed by atoms with Crippen LogP contribution in [0, 0.1) is 0 Å². The van der Waals surface area contributed by atoms with Crippen LogP contribution in [0.5, 0.6) is 0 Å². The predicted molar refractivity (Wildman–Crippen MR) is 102 cm³/mol. The molecule has 0 aromatic heterocycles. The van der Waals surface area contributed by atoms with E-state index in [1.807, 2.05) is 49.4 Å². The molecule has 1 atom stereocenters. The number of rotatable bonds is 5. The number of carbonyl (C=O) groups is 1. The van der Waals surface area contributed by atoms with Gasteiger partial charge in [0.25, 0.3) is 5.91 Å². The average molecular weight is 338 g/mol. The summed E-state index contributed by atoms with van der Waals surface area (Å²) in [5.41, 5.74) is 6.49. The molecule has 0 unspecified atom stereocenters. The molecule has 25 heavy (non-hydrogen) atoms. The van der Waals surface area contributed by atoms with Gasteiger partial charge in [0, 0.05) is 7.11 Å². The number of nitrogens with zero attached hydrogens (tertiary/aromatic N) is 1. The number of nitrogens with one attached hydrogen (secondary N) is 1. The van der Waals surface area contributed by atoms with Crippen molar-refractivity contribution in [3.8, 4) is 0 Å². The zero-order chi connectivity index (χ0) is 18.4. The second-order valence-corrected chi connectivity index (χ2v) is 7.03. The van der Waals surface area contributed by atoms with E-state index in [4.69, 9.17) is 4.74 Å².